The van der Waals surface area contributed by atoms with E-state index in [0.29, 0.717) is 28.4 Å². The lowest BCUT2D eigenvalue weighted by molar-refractivity contribution is 0.102. The van der Waals surface area contributed by atoms with Crippen LogP contribution in [0.3, 0.4) is 0 Å². The molecule has 0 aliphatic heterocycles. The van der Waals surface area contributed by atoms with Gasteiger partial charge in [-0.2, -0.15) is 14.7 Å². The standard InChI is InChI=1S/C18H17N5OS/c1-11-7-12(2)23(21-11)10-14-5-4-6-15(8-14)17(24)20-18-16(9-19)13(3)22-25-18/h4-8H,10H2,1-3H3,(H,20,24). The van der Waals surface area contributed by atoms with Gasteiger partial charge in [-0.05, 0) is 56.1 Å². The highest BCUT2D eigenvalue weighted by molar-refractivity contribution is 7.10. The van der Waals surface area contributed by atoms with E-state index in [1.54, 1.807) is 13.0 Å². The first kappa shape index (κ1) is 16.9. The van der Waals surface area contributed by atoms with Crippen LogP contribution in [0.4, 0.5) is 5.00 Å². The van der Waals surface area contributed by atoms with Crippen molar-refractivity contribution >= 4 is 22.4 Å². The van der Waals surface area contributed by atoms with Crippen molar-refractivity contribution in [1.82, 2.24) is 14.2 Å². The van der Waals surface area contributed by atoms with E-state index >= 15 is 0 Å². The molecule has 6 nitrogen and oxygen atoms in total. The largest absolute Gasteiger partial charge is 0.311 e. The molecule has 0 bridgehead atoms. The van der Waals surface area contributed by atoms with Crippen LogP contribution in [0.5, 0.6) is 0 Å². The zero-order valence-electron chi connectivity index (χ0n) is 14.2. The number of nitrogens with zero attached hydrogens (tertiary/aromatic N) is 4. The molecule has 1 aromatic carbocycles. The third-order valence-corrected chi connectivity index (χ3v) is 4.68. The molecular weight excluding hydrogens is 334 g/mol. The second kappa shape index (κ2) is 6.87. The first-order chi connectivity index (χ1) is 12.0. The monoisotopic (exact) mass is 351 g/mol. The quantitative estimate of drug-likeness (QED) is 0.780. The molecule has 7 heteroatoms. The summed E-state index contributed by atoms with van der Waals surface area (Å²) in [4.78, 5) is 12.5. The Morgan fingerprint density at radius 2 is 2.12 bits per heavy atom. The van der Waals surface area contributed by atoms with E-state index in [9.17, 15) is 4.79 Å². The summed E-state index contributed by atoms with van der Waals surface area (Å²) in [7, 11) is 0. The van der Waals surface area contributed by atoms with E-state index in [0.717, 1.165) is 28.5 Å². The number of hydrogen-bond acceptors (Lipinski definition) is 5. The summed E-state index contributed by atoms with van der Waals surface area (Å²) < 4.78 is 6.02. The Morgan fingerprint density at radius 1 is 1.32 bits per heavy atom. The number of nitriles is 1. The number of aryl methyl sites for hydroxylation is 3. The van der Waals surface area contributed by atoms with Crippen molar-refractivity contribution in [2.45, 2.75) is 27.3 Å². The molecule has 0 aliphatic carbocycles. The Kier molecular flexibility index (Phi) is 4.63. The number of benzene rings is 1. The van der Waals surface area contributed by atoms with Crippen LogP contribution in [0, 0.1) is 32.1 Å². The molecule has 0 spiro atoms. The molecule has 3 rings (SSSR count). The van der Waals surface area contributed by atoms with Crippen molar-refractivity contribution in [3.8, 4) is 6.07 Å². The van der Waals surface area contributed by atoms with Gasteiger partial charge in [0.25, 0.3) is 5.91 Å². The number of amides is 1. The van der Waals surface area contributed by atoms with Crippen molar-refractivity contribution in [2.24, 2.45) is 0 Å². The first-order valence-electron chi connectivity index (χ1n) is 7.75. The van der Waals surface area contributed by atoms with Gasteiger partial charge in [0.2, 0.25) is 0 Å². The third kappa shape index (κ3) is 3.59. The Hall–Kier alpha value is -2.98. The minimum atomic E-state index is -0.254. The number of carbonyl (C=O) groups is 1. The van der Waals surface area contributed by atoms with Gasteiger partial charge in [0.05, 0.1) is 17.9 Å². The van der Waals surface area contributed by atoms with Gasteiger partial charge in [0, 0.05) is 11.3 Å². The van der Waals surface area contributed by atoms with E-state index < -0.39 is 0 Å². The van der Waals surface area contributed by atoms with Gasteiger partial charge in [-0.3, -0.25) is 9.48 Å². The topological polar surface area (TPSA) is 83.6 Å². The Bertz CT molecular complexity index is 980. The average molecular weight is 351 g/mol. The van der Waals surface area contributed by atoms with Crippen LogP contribution in [0.1, 0.15) is 38.6 Å². The van der Waals surface area contributed by atoms with Gasteiger partial charge in [0.15, 0.2) is 0 Å². The lowest BCUT2D eigenvalue weighted by atomic mass is 10.1. The van der Waals surface area contributed by atoms with Crippen molar-refractivity contribution < 1.29 is 4.79 Å². The number of rotatable bonds is 4. The fraction of sp³-hybridized carbons (Fsp3) is 0.222. The summed E-state index contributed by atoms with van der Waals surface area (Å²) in [6.45, 7) is 6.31. The van der Waals surface area contributed by atoms with Crippen LogP contribution >= 0.6 is 11.5 Å². The summed E-state index contributed by atoms with van der Waals surface area (Å²) in [5.41, 5.74) is 4.61. The van der Waals surface area contributed by atoms with Crippen LogP contribution in [-0.4, -0.2) is 20.1 Å². The summed E-state index contributed by atoms with van der Waals surface area (Å²) in [5.74, 6) is -0.254. The molecular formula is C18H17N5OS. The Morgan fingerprint density at radius 3 is 2.80 bits per heavy atom. The van der Waals surface area contributed by atoms with Crippen LogP contribution in [0.2, 0.25) is 0 Å². The van der Waals surface area contributed by atoms with Gasteiger partial charge in [0.1, 0.15) is 16.6 Å². The van der Waals surface area contributed by atoms with Gasteiger partial charge in [-0.1, -0.05) is 12.1 Å². The molecule has 0 saturated carbocycles. The Labute approximate surface area is 149 Å². The lowest BCUT2D eigenvalue weighted by Gasteiger charge is -2.07. The predicted octanol–water partition coefficient (Wildman–Crippen LogP) is 3.44. The normalized spacial score (nSPS) is 10.5. The maximum atomic E-state index is 12.5. The fourth-order valence-electron chi connectivity index (χ4n) is 2.58. The fourth-order valence-corrected chi connectivity index (χ4v) is 3.32. The molecule has 126 valence electrons. The molecule has 0 atom stereocenters. The summed E-state index contributed by atoms with van der Waals surface area (Å²) >= 11 is 1.12. The highest BCUT2D eigenvalue weighted by Crippen LogP contribution is 2.24. The second-order valence-corrected chi connectivity index (χ2v) is 6.60. The summed E-state index contributed by atoms with van der Waals surface area (Å²) in [6.07, 6.45) is 0. The molecule has 0 fully saturated rings. The highest BCUT2D eigenvalue weighted by Gasteiger charge is 2.14. The molecule has 25 heavy (non-hydrogen) atoms. The van der Waals surface area contributed by atoms with Crippen LogP contribution in [0.25, 0.3) is 0 Å². The van der Waals surface area contributed by atoms with E-state index in [4.69, 9.17) is 5.26 Å². The third-order valence-electron chi connectivity index (χ3n) is 3.83. The molecule has 3 aromatic rings. The number of carbonyl (C=O) groups excluding carboxylic acids is 1. The Balaban J connectivity index is 1.80. The molecule has 1 N–H and O–H groups in total. The molecule has 0 aliphatic rings. The lowest BCUT2D eigenvalue weighted by Crippen LogP contribution is -2.12. The van der Waals surface area contributed by atoms with Crippen molar-refractivity contribution in [1.29, 1.82) is 5.26 Å². The second-order valence-electron chi connectivity index (χ2n) is 5.82. The van der Waals surface area contributed by atoms with Crippen molar-refractivity contribution in [2.75, 3.05) is 5.32 Å². The van der Waals surface area contributed by atoms with Crippen LogP contribution in [-0.2, 0) is 6.54 Å². The number of anilines is 1. The average Bonchev–Trinajstić information content (AvgIpc) is 3.09. The maximum Gasteiger partial charge on any atom is 0.256 e. The highest BCUT2D eigenvalue weighted by atomic mass is 32.1. The van der Waals surface area contributed by atoms with Gasteiger partial charge >= 0.3 is 0 Å². The molecule has 2 heterocycles. The smallest absolute Gasteiger partial charge is 0.256 e. The maximum absolute atomic E-state index is 12.5. The minimum absolute atomic E-state index is 0.254. The predicted molar refractivity (Wildman–Crippen MR) is 96.8 cm³/mol. The van der Waals surface area contributed by atoms with E-state index in [2.05, 4.69) is 20.9 Å². The molecule has 0 unspecified atom stereocenters. The SMILES string of the molecule is Cc1cc(C)n(Cc2cccc(C(=O)Nc3snc(C)c3C#N)c2)n1. The van der Waals surface area contributed by atoms with Crippen molar-refractivity contribution in [3.63, 3.8) is 0 Å². The minimum Gasteiger partial charge on any atom is -0.311 e. The number of nitrogens with one attached hydrogen (secondary N) is 1. The molecule has 2 aromatic heterocycles. The molecule has 1 amide bonds. The number of aromatic nitrogens is 3. The summed E-state index contributed by atoms with van der Waals surface area (Å²) in [6, 6.07) is 11.5. The van der Waals surface area contributed by atoms with E-state index in [1.807, 2.05) is 42.8 Å². The first-order valence-corrected chi connectivity index (χ1v) is 8.53. The molecule has 0 radical (unpaired) electrons. The van der Waals surface area contributed by atoms with Gasteiger partial charge in [-0.15, -0.1) is 0 Å². The van der Waals surface area contributed by atoms with E-state index in [1.165, 1.54) is 0 Å². The van der Waals surface area contributed by atoms with Crippen LogP contribution < -0.4 is 5.32 Å². The zero-order valence-corrected chi connectivity index (χ0v) is 15.0. The van der Waals surface area contributed by atoms with Gasteiger partial charge < -0.3 is 5.32 Å². The van der Waals surface area contributed by atoms with Crippen LogP contribution in [0.15, 0.2) is 30.3 Å². The summed E-state index contributed by atoms with van der Waals surface area (Å²) in [5, 5.41) is 16.9. The van der Waals surface area contributed by atoms with Crippen molar-refractivity contribution in [3.05, 3.63) is 64.1 Å². The molecule has 0 saturated heterocycles. The van der Waals surface area contributed by atoms with Gasteiger partial charge in [-0.25, -0.2) is 0 Å². The zero-order chi connectivity index (χ0) is 18.0. The van der Waals surface area contributed by atoms with E-state index in [-0.39, 0.29) is 5.91 Å². The number of hydrogen-bond donors (Lipinski definition) is 1.